The van der Waals surface area contributed by atoms with Crippen LogP contribution >= 0.6 is 15.9 Å². The number of aliphatic hydroxyl groups is 1. The maximum Gasteiger partial charge on any atom is 0.244 e. The van der Waals surface area contributed by atoms with Gasteiger partial charge in [0.2, 0.25) is 5.91 Å². The highest BCUT2D eigenvalue weighted by Gasteiger charge is 2.14. The van der Waals surface area contributed by atoms with Crippen molar-refractivity contribution in [3.63, 3.8) is 0 Å². The zero-order valence-corrected chi connectivity index (χ0v) is 13.2. The highest BCUT2D eigenvalue weighted by atomic mass is 79.9. The van der Waals surface area contributed by atoms with Crippen molar-refractivity contribution in [2.75, 3.05) is 6.61 Å². The molecule has 1 aromatic carbocycles. The Kier molecular flexibility index (Phi) is 6.88. The molecule has 0 aliphatic carbocycles. The van der Waals surface area contributed by atoms with Crippen molar-refractivity contribution < 1.29 is 14.3 Å². The molecular formula is C15H19BrFNO2. The molecule has 0 saturated heterocycles. The van der Waals surface area contributed by atoms with Gasteiger partial charge in [-0.15, -0.1) is 0 Å². The zero-order chi connectivity index (χ0) is 15.1. The number of hydrogen-bond donors (Lipinski definition) is 2. The smallest absolute Gasteiger partial charge is 0.244 e. The number of aliphatic hydroxyl groups excluding tert-OH is 1. The van der Waals surface area contributed by atoms with E-state index in [0.717, 1.165) is 4.47 Å². The summed E-state index contributed by atoms with van der Waals surface area (Å²) in [5.74, 6) is -0.452. The largest absolute Gasteiger partial charge is 0.396 e. The van der Waals surface area contributed by atoms with Crippen molar-refractivity contribution in [1.82, 2.24) is 5.32 Å². The third-order valence-electron chi connectivity index (χ3n) is 2.94. The quantitative estimate of drug-likeness (QED) is 0.779. The lowest BCUT2D eigenvalue weighted by Gasteiger charge is -2.20. The van der Waals surface area contributed by atoms with Crippen LogP contribution in [0.5, 0.6) is 0 Å². The van der Waals surface area contributed by atoms with Crippen LogP contribution in [0.1, 0.15) is 25.8 Å². The van der Waals surface area contributed by atoms with Crippen molar-refractivity contribution in [3.05, 3.63) is 40.1 Å². The van der Waals surface area contributed by atoms with Crippen LogP contribution in [0.2, 0.25) is 0 Å². The topological polar surface area (TPSA) is 49.3 Å². The Morgan fingerprint density at radius 2 is 2.20 bits per heavy atom. The third kappa shape index (κ3) is 5.43. The predicted octanol–water partition coefficient (Wildman–Crippen LogP) is 3.12. The van der Waals surface area contributed by atoms with Gasteiger partial charge in [0.05, 0.1) is 0 Å². The average Bonchev–Trinajstić information content (AvgIpc) is 2.39. The fraction of sp³-hybridized carbons (Fsp3) is 0.400. The minimum absolute atomic E-state index is 0.0209. The van der Waals surface area contributed by atoms with E-state index < -0.39 is 0 Å². The first-order chi connectivity index (χ1) is 9.43. The minimum Gasteiger partial charge on any atom is -0.396 e. The second-order valence-electron chi connectivity index (χ2n) is 4.87. The molecule has 0 heterocycles. The van der Waals surface area contributed by atoms with Crippen LogP contribution in [0.15, 0.2) is 28.7 Å². The molecule has 0 aliphatic heterocycles. The molecule has 1 aromatic rings. The number of hydrogen-bond acceptors (Lipinski definition) is 2. The van der Waals surface area contributed by atoms with E-state index >= 15 is 0 Å². The van der Waals surface area contributed by atoms with Crippen LogP contribution in [0.25, 0.3) is 6.08 Å². The summed E-state index contributed by atoms with van der Waals surface area (Å²) in [5, 5.41) is 11.8. The highest BCUT2D eigenvalue weighted by molar-refractivity contribution is 9.10. The number of amides is 1. The lowest BCUT2D eigenvalue weighted by molar-refractivity contribution is -0.117. The van der Waals surface area contributed by atoms with E-state index in [9.17, 15) is 9.18 Å². The van der Waals surface area contributed by atoms with Crippen molar-refractivity contribution in [2.45, 2.75) is 26.3 Å². The van der Waals surface area contributed by atoms with Crippen molar-refractivity contribution in [2.24, 2.45) is 5.92 Å². The van der Waals surface area contributed by atoms with Gasteiger partial charge in [-0.25, -0.2) is 4.39 Å². The van der Waals surface area contributed by atoms with Gasteiger partial charge in [0.15, 0.2) is 0 Å². The Hall–Kier alpha value is -1.20. The van der Waals surface area contributed by atoms with Crippen molar-refractivity contribution in [3.8, 4) is 0 Å². The number of halogens is 2. The summed E-state index contributed by atoms with van der Waals surface area (Å²) in [5.41, 5.74) is 0.345. The summed E-state index contributed by atoms with van der Waals surface area (Å²) in [6, 6.07) is 4.45. The Balaban J connectivity index is 2.69. The van der Waals surface area contributed by atoms with Gasteiger partial charge in [0.1, 0.15) is 5.82 Å². The van der Waals surface area contributed by atoms with Crippen LogP contribution in [0.3, 0.4) is 0 Å². The van der Waals surface area contributed by atoms with Crippen LogP contribution in [0.4, 0.5) is 4.39 Å². The van der Waals surface area contributed by atoms with Crippen LogP contribution in [0, 0.1) is 11.7 Å². The number of rotatable bonds is 6. The molecule has 1 rings (SSSR count). The molecule has 0 aliphatic rings. The lowest BCUT2D eigenvalue weighted by atomic mass is 10.0. The molecule has 1 amide bonds. The molecule has 20 heavy (non-hydrogen) atoms. The van der Waals surface area contributed by atoms with Crippen molar-refractivity contribution >= 4 is 27.9 Å². The molecule has 0 aromatic heterocycles. The van der Waals surface area contributed by atoms with Gasteiger partial charge in [-0.2, -0.15) is 0 Å². The fourth-order valence-electron chi connectivity index (χ4n) is 1.75. The summed E-state index contributed by atoms with van der Waals surface area (Å²) in [4.78, 5) is 11.8. The summed E-state index contributed by atoms with van der Waals surface area (Å²) in [7, 11) is 0. The predicted molar refractivity (Wildman–Crippen MR) is 81.6 cm³/mol. The molecule has 5 heteroatoms. The highest BCUT2D eigenvalue weighted by Crippen LogP contribution is 2.16. The maximum absolute atomic E-state index is 13.5. The number of carbonyl (C=O) groups excluding carboxylic acids is 1. The first-order valence-corrected chi connectivity index (χ1v) is 7.27. The van der Waals surface area contributed by atoms with E-state index in [1.54, 1.807) is 12.1 Å². The Bertz CT molecular complexity index is 489. The second-order valence-corrected chi connectivity index (χ2v) is 5.79. The first-order valence-electron chi connectivity index (χ1n) is 6.48. The molecular weight excluding hydrogens is 325 g/mol. The number of benzene rings is 1. The lowest BCUT2D eigenvalue weighted by Crippen LogP contribution is -2.38. The van der Waals surface area contributed by atoms with Gasteiger partial charge in [0.25, 0.3) is 0 Å². The van der Waals surface area contributed by atoms with Crippen molar-refractivity contribution in [1.29, 1.82) is 0 Å². The van der Waals surface area contributed by atoms with Gasteiger partial charge in [-0.3, -0.25) is 4.79 Å². The van der Waals surface area contributed by atoms with E-state index in [-0.39, 0.29) is 30.3 Å². The Labute approximate surface area is 127 Å². The summed E-state index contributed by atoms with van der Waals surface area (Å²) in [6.07, 6.45) is 3.24. The molecule has 0 saturated carbocycles. The molecule has 0 fully saturated rings. The molecule has 1 atom stereocenters. The Morgan fingerprint density at radius 1 is 1.50 bits per heavy atom. The van der Waals surface area contributed by atoms with E-state index in [1.807, 2.05) is 13.8 Å². The van der Waals surface area contributed by atoms with Crippen LogP contribution in [-0.2, 0) is 4.79 Å². The fourth-order valence-corrected chi connectivity index (χ4v) is 2.13. The van der Waals surface area contributed by atoms with Gasteiger partial charge in [-0.05, 0) is 36.6 Å². The van der Waals surface area contributed by atoms with E-state index in [0.29, 0.717) is 12.0 Å². The normalized spacial score (nSPS) is 12.9. The summed E-state index contributed by atoms with van der Waals surface area (Å²) < 4.78 is 14.2. The first kappa shape index (κ1) is 16.9. The molecule has 0 spiro atoms. The number of nitrogens with one attached hydrogen (secondary N) is 1. The molecule has 3 nitrogen and oxygen atoms in total. The number of carbonyl (C=O) groups is 1. The zero-order valence-electron chi connectivity index (χ0n) is 11.6. The Morgan fingerprint density at radius 3 is 2.80 bits per heavy atom. The summed E-state index contributed by atoms with van der Waals surface area (Å²) >= 11 is 3.25. The molecule has 1 unspecified atom stereocenters. The third-order valence-corrected chi connectivity index (χ3v) is 3.44. The van der Waals surface area contributed by atoms with E-state index in [4.69, 9.17) is 5.11 Å². The monoisotopic (exact) mass is 343 g/mol. The molecule has 0 bridgehead atoms. The minimum atomic E-state index is -0.381. The van der Waals surface area contributed by atoms with Gasteiger partial charge in [-0.1, -0.05) is 29.8 Å². The van der Waals surface area contributed by atoms with Crippen LogP contribution < -0.4 is 5.32 Å². The van der Waals surface area contributed by atoms with Gasteiger partial charge < -0.3 is 10.4 Å². The second kappa shape index (κ2) is 8.17. The van der Waals surface area contributed by atoms with E-state index in [1.165, 1.54) is 18.2 Å². The molecule has 0 radical (unpaired) electrons. The SMILES string of the molecule is CC(C)C(CCO)NC(=O)/C=C/c1cc(Br)ccc1F. The molecule has 110 valence electrons. The standard InChI is InChI=1S/C15H19BrFNO2/c1-10(2)14(7-8-19)18-15(20)6-3-11-9-12(16)4-5-13(11)17/h3-6,9-10,14,19H,7-8H2,1-2H3,(H,18,20)/b6-3+. The van der Waals surface area contributed by atoms with Gasteiger partial charge >= 0.3 is 0 Å². The summed E-state index contributed by atoms with van der Waals surface area (Å²) in [6.45, 7) is 3.96. The average molecular weight is 344 g/mol. The van der Waals surface area contributed by atoms with E-state index in [2.05, 4.69) is 21.2 Å². The van der Waals surface area contributed by atoms with Gasteiger partial charge in [0, 0.05) is 28.8 Å². The molecule has 2 N–H and O–H groups in total. The van der Waals surface area contributed by atoms with Crippen LogP contribution in [-0.4, -0.2) is 23.7 Å². The maximum atomic E-state index is 13.5.